The van der Waals surface area contributed by atoms with Gasteiger partial charge in [-0.3, -0.25) is 0 Å². The van der Waals surface area contributed by atoms with Crippen molar-refractivity contribution in [1.29, 1.82) is 0 Å². The Morgan fingerprint density at radius 2 is 2.05 bits per heavy atom. The summed E-state index contributed by atoms with van der Waals surface area (Å²) in [5, 5.41) is 3.27. The van der Waals surface area contributed by atoms with Crippen molar-refractivity contribution in [3.05, 3.63) is 29.6 Å². The van der Waals surface area contributed by atoms with E-state index in [1.165, 1.54) is 12.1 Å². The van der Waals surface area contributed by atoms with Crippen LogP contribution in [0.25, 0.3) is 0 Å². The van der Waals surface area contributed by atoms with Crippen LogP contribution in [0.1, 0.15) is 32.3 Å². The van der Waals surface area contributed by atoms with E-state index in [1.54, 1.807) is 19.9 Å². The van der Waals surface area contributed by atoms with Gasteiger partial charge >= 0.3 is 0 Å². The molecular weight excluding hydrogens is 267 g/mol. The summed E-state index contributed by atoms with van der Waals surface area (Å²) < 4.78 is 40.1. The smallest absolute Gasteiger partial charge is 0.243 e. The van der Waals surface area contributed by atoms with Crippen LogP contribution in [0.2, 0.25) is 0 Å². The molecule has 1 aromatic rings. The molecule has 0 amide bonds. The van der Waals surface area contributed by atoms with Crippen LogP contribution in [-0.2, 0) is 16.6 Å². The zero-order chi connectivity index (χ0) is 14.0. The average molecular weight is 286 g/mol. The molecule has 6 heteroatoms. The molecule has 106 valence electrons. The van der Waals surface area contributed by atoms with Crippen molar-refractivity contribution >= 4 is 10.0 Å². The molecule has 1 aliphatic rings. The maximum Gasteiger partial charge on any atom is 0.243 e. The lowest BCUT2D eigenvalue weighted by Crippen LogP contribution is -2.31. The van der Waals surface area contributed by atoms with Crippen molar-refractivity contribution in [2.24, 2.45) is 0 Å². The Hall–Kier alpha value is -0.980. The van der Waals surface area contributed by atoms with Gasteiger partial charge in [0, 0.05) is 18.6 Å². The Kier molecular flexibility index (Phi) is 4.23. The molecule has 19 heavy (non-hydrogen) atoms. The van der Waals surface area contributed by atoms with E-state index in [2.05, 4.69) is 10.0 Å². The van der Waals surface area contributed by atoms with Gasteiger partial charge in [-0.25, -0.2) is 17.5 Å². The minimum absolute atomic E-state index is 0.266. The average Bonchev–Trinajstić information content (AvgIpc) is 3.09. The first kappa shape index (κ1) is 14.4. The Balaban J connectivity index is 2.20. The number of hydrogen-bond donors (Lipinski definition) is 2. The van der Waals surface area contributed by atoms with E-state index < -0.39 is 15.8 Å². The molecule has 0 unspecified atom stereocenters. The lowest BCUT2D eigenvalue weighted by atomic mass is 10.2. The van der Waals surface area contributed by atoms with Gasteiger partial charge < -0.3 is 5.32 Å². The highest BCUT2D eigenvalue weighted by atomic mass is 32.2. The van der Waals surface area contributed by atoms with Gasteiger partial charge in [-0.2, -0.15) is 0 Å². The molecule has 0 bridgehead atoms. The molecule has 1 saturated carbocycles. The van der Waals surface area contributed by atoms with Crippen molar-refractivity contribution in [3.8, 4) is 0 Å². The molecule has 0 aromatic heterocycles. The fourth-order valence-electron chi connectivity index (χ4n) is 1.79. The second-order valence-electron chi connectivity index (χ2n) is 5.20. The minimum Gasteiger partial charge on any atom is -0.310 e. The summed E-state index contributed by atoms with van der Waals surface area (Å²) in [6, 6.07) is 4.48. The molecule has 0 radical (unpaired) electrons. The van der Waals surface area contributed by atoms with E-state index in [1.807, 2.05) is 0 Å². The van der Waals surface area contributed by atoms with Crippen LogP contribution in [0, 0.1) is 5.82 Å². The largest absolute Gasteiger partial charge is 0.310 e. The number of sulfonamides is 1. The monoisotopic (exact) mass is 286 g/mol. The Labute approximate surface area is 113 Å². The molecule has 0 atom stereocenters. The number of nitrogens with one attached hydrogen (secondary N) is 2. The van der Waals surface area contributed by atoms with Crippen LogP contribution in [0.15, 0.2) is 23.1 Å². The molecule has 1 aliphatic carbocycles. The van der Waals surface area contributed by atoms with Gasteiger partial charge in [0.05, 0.1) is 0 Å². The third-order valence-corrected chi connectivity index (χ3v) is 4.52. The van der Waals surface area contributed by atoms with E-state index in [0.717, 1.165) is 18.4 Å². The SMILES string of the molecule is CC(C)NS(=O)(=O)c1cc(CNC2CC2)ccc1F. The molecule has 0 saturated heterocycles. The summed E-state index contributed by atoms with van der Waals surface area (Å²) in [6.07, 6.45) is 2.31. The van der Waals surface area contributed by atoms with E-state index in [9.17, 15) is 12.8 Å². The number of hydrogen-bond acceptors (Lipinski definition) is 3. The fourth-order valence-corrected chi connectivity index (χ4v) is 3.17. The lowest BCUT2D eigenvalue weighted by molar-refractivity contribution is 0.547. The summed E-state index contributed by atoms with van der Waals surface area (Å²) in [6.45, 7) is 3.97. The molecule has 2 N–H and O–H groups in total. The summed E-state index contributed by atoms with van der Waals surface area (Å²) in [5.74, 6) is -0.719. The highest BCUT2D eigenvalue weighted by molar-refractivity contribution is 7.89. The molecule has 0 aliphatic heterocycles. The van der Waals surface area contributed by atoms with E-state index >= 15 is 0 Å². The molecule has 2 rings (SSSR count). The second-order valence-corrected chi connectivity index (χ2v) is 6.88. The molecule has 0 spiro atoms. The minimum atomic E-state index is -3.79. The maximum atomic E-state index is 13.7. The van der Waals surface area contributed by atoms with E-state index in [4.69, 9.17) is 0 Å². The Morgan fingerprint density at radius 3 is 2.63 bits per heavy atom. The summed E-state index contributed by atoms with van der Waals surface area (Å²) >= 11 is 0. The van der Waals surface area contributed by atoms with Crippen molar-refractivity contribution in [3.63, 3.8) is 0 Å². The highest BCUT2D eigenvalue weighted by Gasteiger charge is 2.22. The number of rotatable bonds is 6. The Bertz CT molecular complexity index is 554. The van der Waals surface area contributed by atoms with Crippen LogP contribution in [0.5, 0.6) is 0 Å². The molecular formula is C13H19FN2O2S. The Morgan fingerprint density at radius 1 is 1.37 bits per heavy atom. The van der Waals surface area contributed by atoms with Gasteiger partial charge in [0.2, 0.25) is 10.0 Å². The molecule has 1 fully saturated rings. The maximum absolute atomic E-state index is 13.7. The first-order chi connectivity index (χ1) is 8.88. The van der Waals surface area contributed by atoms with Crippen molar-refractivity contribution in [1.82, 2.24) is 10.0 Å². The first-order valence-corrected chi connectivity index (χ1v) is 7.91. The lowest BCUT2D eigenvalue weighted by Gasteiger charge is -2.12. The third kappa shape index (κ3) is 3.99. The van der Waals surface area contributed by atoms with Crippen molar-refractivity contribution < 1.29 is 12.8 Å². The number of benzene rings is 1. The van der Waals surface area contributed by atoms with E-state index in [-0.39, 0.29) is 10.9 Å². The van der Waals surface area contributed by atoms with Gasteiger partial charge in [-0.1, -0.05) is 6.07 Å². The van der Waals surface area contributed by atoms with Crippen LogP contribution in [0.3, 0.4) is 0 Å². The zero-order valence-corrected chi connectivity index (χ0v) is 11.9. The van der Waals surface area contributed by atoms with Gasteiger partial charge in [0.15, 0.2) is 0 Å². The quantitative estimate of drug-likeness (QED) is 0.838. The van der Waals surface area contributed by atoms with Crippen LogP contribution >= 0.6 is 0 Å². The fraction of sp³-hybridized carbons (Fsp3) is 0.538. The van der Waals surface area contributed by atoms with Crippen molar-refractivity contribution in [2.45, 2.75) is 50.2 Å². The van der Waals surface area contributed by atoms with Gasteiger partial charge in [-0.15, -0.1) is 0 Å². The molecule has 0 heterocycles. The van der Waals surface area contributed by atoms with Crippen LogP contribution in [-0.4, -0.2) is 20.5 Å². The number of halogens is 1. The summed E-state index contributed by atoms with van der Waals surface area (Å²) in [7, 11) is -3.79. The summed E-state index contributed by atoms with van der Waals surface area (Å²) in [4.78, 5) is -0.281. The van der Waals surface area contributed by atoms with Gasteiger partial charge in [-0.05, 0) is 44.4 Å². The molecule has 4 nitrogen and oxygen atoms in total. The third-order valence-electron chi connectivity index (χ3n) is 2.85. The van der Waals surface area contributed by atoms with Crippen LogP contribution < -0.4 is 10.0 Å². The second kappa shape index (κ2) is 5.56. The first-order valence-electron chi connectivity index (χ1n) is 6.42. The normalized spacial score (nSPS) is 16.0. The zero-order valence-electron chi connectivity index (χ0n) is 11.1. The molecule has 1 aromatic carbocycles. The predicted octanol–water partition coefficient (Wildman–Crippen LogP) is 1.76. The standard InChI is InChI=1S/C13H19FN2O2S/c1-9(2)16-19(17,18)13-7-10(3-6-12(13)14)8-15-11-4-5-11/h3,6-7,9,11,15-16H,4-5,8H2,1-2H3. The summed E-state index contributed by atoms with van der Waals surface area (Å²) in [5.41, 5.74) is 0.775. The van der Waals surface area contributed by atoms with Crippen LogP contribution in [0.4, 0.5) is 4.39 Å². The van der Waals surface area contributed by atoms with E-state index in [0.29, 0.717) is 12.6 Å². The predicted molar refractivity (Wildman–Crippen MR) is 71.7 cm³/mol. The van der Waals surface area contributed by atoms with Gasteiger partial charge in [0.25, 0.3) is 0 Å². The highest BCUT2D eigenvalue weighted by Crippen LogP contribution is 2.21. The van der Waals surface area contributed by atoms with Gasteiger partial charge in [0.1, 0.15) is 10.7 Å². The topological polar surface area (TPSA) is 58.2 Å². The van der Waals surface area contributed by atoms with Crippen molar-refractivity contribution in [2.75, 3.05) is 0 Å².